The lowest BCUT2D eigenvalue weighted by Gasteiger charge is -2.30. The monoisotopic (exact) mass is 369 g/mol. The van der Waals surface area contributed by atoms with Gasteiger partial charge in [-0.15, -0.1) is 0 Å². The SMILES string of the molecule is COc1ccc(Cl)c(N2CCCN2C(=O)CNC(=O)OC(C)(C)C)c1. The minimum Gasteiger partial charge on any atom is -0.497 e. The number of anilines is 1. The van der Waals surface area contributed by atoms with Crippen LogP contribution in [0.4, 0.5) is 10.5 Å². The van der Waals surface area contributed by atoms with Crippen LogP contribution < -0.4 is 15.1 Å². The molecule has 1 N–H and O–H groups in total. The van der Waals surface area contributed by atoms with Crippen LogP contribution in [0.25, 0.3) is 0 Å². The predicted octanol–water partition coefficient (Wildman–Crippen LogP) is 2.83. The molecule has 1 aromatic rings. The molecule has 0 spiro atoms. The molecule has 1 saturated heterocycles. The Morgan fingerprint density at radius 2 is 2.00 bits per heavy atom. The Hall–Kier alpha value is -2.15. The van der Waals surface area contributed by atoms with E-state index in [1.165, 1.54) is 0 Å². The van der Waals surface area contributed by atoms with Gasteiger partial charge in [0.05, 0.1) is 17.8 Å². The Labute approximate surface area is 152 Å². The number of hydrazine groups is 1. The van der Waals surface area contributed by atoms with E-state index in [0.29, 0.717) is 29.5 Å². The van der Waals surface area contributed by atoms with Crippen LogP contribution in [-0.4, -0.2) is 49.4 Å². The molecule has 0 unspecified atom stereocenters. The van der Waals surface area contributed by atoms with Gasteiger partial charge in [-0.05, 0) is 39.3 Å². The average molecular weight is 370 g/mol. The molecule has 1 heterocycles. The Morgan fingerprint density at radius 3 is 2.64 bits per heavy atom. The van der Waals surface area contributed by atoms with Gasteiger partial charge in [-0.2, -0.15) is 0 Å². The quantitative estimate of drug-likeness (QED) is 0.883. The Balaban J connectivity index is 2.03. The molecule has 1 fully saturated rings. The molecule has 0 aromatic heterocycles. The highest BCUT2D eigenvalue weighted by molar-refractivity contribution is 6.33. The number of nitrogens with one attached hydrogen (secondary N) is 1. The van der Waals surface area contributed by atoms with Crippen molar-refractivity contribution >= 4 is 29.3 Å². The molecule has 0 radical (unpaired) electrons. The molecule has 0 aliphatic carbocycles. The van der Waals surface area contributed by atoms with Gasteiger partial charge in [0.25, 0.3) is 5.91 Å². The first kappa shape index (κ1) is 19.2. The first-order valence-corrected chi connectivity index (χ1v) is 8.47. The summed E-state index contributed by atoms with van der Waals surface area (Å²) in [7, 11) is 1.57. The number of ether oxygens (including phenoxy) is 2. The second kappa shape index (κ2) is 7.82. The van der Waals surface area contributed by atoms with Crippen LogP contribution in [0.2, 0.25) is 5.02 Å². The maximum absolute atomic E-state index is 12.5. The van der Waals surface area contributed by atoms with Crippen LogP contribution in [0.3, 0.4) is 0 Å². The van der Waals surface area contributed by atoms with E-state index in [-0.39, 0.29) is 12.5 Å². The number of alkyl carbamates (subject to hydrolysis) is 1. The summed E-state index contributed by atoms with van der Waals surface area (Å²) < 4.78 is 10.4. The molecule has 0 atom stereocenters. The standard InChI is InChI=1S/C17H24ClN3O4/c1-17(2,3)25-16(23)19-11-15(22)21-9-5-8-20(21)14-10-12(24-4)6-7-13(14)18/h6-7,10H,5,8-9,11H2,1-4H3,(H,19,23). The number of methoxy groups -OCH3 is 1. The van der Waals surface area contributed by atoms with E-state index in [1.54, 1.807) is 51.1 Å². The molecular formula is C17H24ClN3O4. The minimum atomic E-state index is -0.619. The fourth-order valence-corrected chi connectivity index (χ4v) is 2.71. The van der Waals surface area contributed by atoms with Gasteiger partial charge in [0.1, 0.15) is 17.9 Å². The molecule has 7 nitrogen and oxygen atoms in total. The highest BCUT2D eigenvalue weighted by Crippen LogP contribution is 2.33. The van der Waals surface area contributed by atoms with Gasteiger partial charge in [0, 0.05) is 19.2 Å². The number of rotatable bonds is 4. The maximum Gasteiger partial charge on any atom is 0.408 e. The van der Waals surface area contributed by atoms with Gasteiger partial charge in [-0.25, -0.2) is 4.79 Å². The van der Waals surface area contributed by atoms with Crippen molar-refractivity contribution in [2.24, 2.45) is 0 Å². The predicted molar refractivity (Wildman–Crippen MR) is 95.9 cm³/mol. The fraction of sp³-hybridized carbons (Fsp3) is 0.529. The van der Waals surface area contributed by atoms with Gasteiger partial charge < -0.3 is 14.8 Å². The first-order chi connectivity index (χ1) is 11.7. The second-order valence-electron chi connectivity index (χ2n) is 6.67. The summed E-state index contributed by atoms with van der Waals surface area (Å²) in [5.74, 6) is 0.424. The number of halogens is 1. The summed E-state index contributed by atoms with van der Waals surface area (Å²) in [6.45, 7) is 6.37. The Bertz CT molecular complexity index is 645. The van der Waals surface area contributed by atoms with E-state index < -0.39 is 11.7 Å². The number of benzene rings is 1. The smallest absolute Gasteiger partial charge is 0.408 e. The summed E-state index contributed by atoms with van der Waals surface area (Å²) in [4.78, 5) is 24.2. The summed E-state index contributed by atoms with van der Waals surface area (Å²) in [6, 6.07) is 5.28. The fourth-order valence-electron chi connectivity index (χ4n) is 2.49. The summed E-state index contributed by atoms with van der Waals surface area (Å²) >= 11 is 6.28. The second-order valence-corrected chi connectivity index (χ2v) is 7.07. The highest BCUT2D eigenvalue weighted by atomic mass is 35.5. The molecule has 25 heavy (non-hydrogen) atoms. The van der Waals surface area contributed by atoms with Crippen molar-refractivity contribution in [2.75, 3.05) is 31.8 Å². The normalized spacial score (nSPS) is 14.4. The topological polar surface area (TPSA) is 71.1 Å². The molecular weight excluding hydrogens is 346 g/mol. The third-order valence-corrected chi connectivity index (χ3v) is 3.85. The van der Waals surface area contributed by atoms with Crippen LogP contribution in [0.1, 0.15) is 27.2 Å². The van der Waals surface area contributed by atoms with E-state index in [4.69, 9.17) is 21.1 Å². The van der Waals surface area contributed by atoms with E-state index >= 15 is 0 Å². The van der Waals surface area contributed by atoms with Gasteiger partial charge in [0.15, 0.2) is 0 Å². The van der Waals surface area contributed by atoms with Crippen molar-refractivity contribution in [1.29, 1.82) is 0 Å². The van der Waals surface area contributed by atoms with Crippen LogP contribution in [0, 0.1) is 0 Å². The van der Waals surface area contributed by atoms with Gasteiger partial charge >= 0.3 is 6.09 Å². The molecule has 2 amide bonds. The molecule has 1 aliphatic heterocycles. The largest absolute Gasteiger partial charge is 0.497 e. The summed E-state index contributed by atoms with van der Waals surface area (Å²) in [5, 5.41) is 6.41. The molecule has 1 aliphatic rings. The molecule has 2 rings (SSSR count). The number of carbonyl (C=O) groups is 2. The van der Waals surface area contributed by atoms with E-state index in [1.807, 2.05) is 5.01 Å². The maximum atomic E-state index is 12.5. The van der Waals surface area contributed by atoms with Gasteiger partial charge in [-0.3, -0.25) is 14.8 Å². The molecule has 138 valence electrons. The number of nitrogens with zero attached hydrogens (tertiary/aromatic N) is 2. The lowest BCUT2D eigenvalue weighted by atomic mass is 10.2. The van der Waals surface area contributed by atoms with Gasteiger partial charge in [0.2, 0.25) is 0 Å². The average Bonchev–Trinajstić information content (AvgIpc) is 3.01. The van der Waals surface area contributed by atoms with E-state index in [2.05, 4.69) is 5.32 Å². The van der Waals surface area contributed by atoms with E-state index in [9.17, 15) is 9.59 Å². The van der Waals surface area contributed by atoms with Crippen molar-refractivity contribution in [2.45, 2.75) is 32.8 Å². The van der Waals surface area contributed by atoms with Crippen LogP contribution in [0.15, 0.2) is 18.2 Å². The zero-order valence-electron chi connectivity index (χ0n) is 15.0. The zero-order chi connectivity index (χ0) is 18.6. The van der Waals surface area contributed by atoms with Gasteiger partial charge in [-0.1, -0.05) is 11.6 Å². The molecule has 0 saturated carbocycles. The lowest BCUT2D eigenvalue weighted by Crippen LogP contribution is -2.47. The third-order valence-electron chi connectivity index (χ3n) is 3.53. The zero-order valence-corrected chi connectivity index (χ0v) is 15.7. The van der Waals surface area contributed by atoms with Crippen molar-refractivity contribution in [3.8, 4) is 5.75 Å². The minimum absolute atomic E-state index is 0.146. The number of hydrogen-bond donors (Lipinski definition) is 1. The number of hydrogen-bond acceptors (Lipinski definition) is 5. The van der Waals surface area contributed by atoms with Crippen LogP contribution in [0.5, 0.6) is 5.75 Å². The molecule has 1 aromatic carbocycles. The highest BCUT2D eigenvalue weighted by Gasteiger charge is 2.29. The number of carbonyl (C=O) groups excluding carboxylic acids is 2. The van der Waals surface area contributed by atoms with Crippen molar-refractivity contribution in [3.63, 3.8) is 0 Å². The van der Waals surface area contributed by atoms with Crippen molar-refractivity contribution in [1.82, 2.24) is 10.3 Å². The molecule has 0 bridgehead atoms. The summed E-state index contributed by atoms with van der Waals surface area (Å²) in [5.41, 5.74) is 0.0881. The summed E-state index contributed by atoms with van der Waals surface area (Å²) in [6.07, 6.45) is 0.192. The third kappa shape index (κ3) is 5.16. The lowest BCUT2D eigenvalue weighted by molar-refractivity contribution is -0.129. The molecule has 8 heteroatoms. The van der Waals surface area contributed by atoms with Crippen molar-refractivity contribution < 1.29 is 19.1 Å². The Kier molecular flexibility index (Phi) is 6.00. The Morgan fingerprint density at radius 1 is 1.28 bits per heavy atom. The van der Waals surface area contributed by atoms with Crippen LogP contribution in [-0.2, 0) is 9.53 Å². The first-order valence-electron chi connectivity index (χ1n) is 8.09. The van der Waals surface area contributed by atoms with E-state index in [0.717, 1.165) is 6.42 Å². The van der Waals surface area contributed by atoms with Crippen LogP contribution >= 0.6 is 11.6 Å². The number of amides is 2. The van der Waals surface area contributed by atoms with Crippen molar-refractivity contribution in [3.05, 3.63) is 23.2 Å².